The maximum Gasteiger partial charge on any atom is 0.214 e. The normalized spacial score (nSPS) is 15.7. The lowest BCUT2D eigenvalue weighted by atomic mass is 10.1. The van der Waals surface area contributed by atoms with Crippen molar-refractivity contribution in [2.75, 3.05) is 0 Å². The number of oxazole rings is 1. The molecular weight excluding hydrogens is 330 g/mol. The van der Waals surface area contributed by atoms with Gasteiger partial charge in [-0.2, -0.15) is 10.4 Å². The molecule has 0 saturated heterocycles. The van der Waals surface area contributed by atoms with Crippen LogP contribution in [-0.4, -0.2) is 20.2 Å². The molecule has 7 nitrogen and oxygen atoms in total. The maximum absolute atomic E-state index is 9.04. The number of nitrogens with zero attached hydrogens (tertiary/aromatic N) is 4. The Hall–Kier alpha value is -3.66. The van der Waals surface area contributed by atoms with Gasteiger partial charge in [0.15, 0.2) is 17.8 Å². The highest BCUT2D eigenvalue weighted by molar-refractivity contribution is 5.88. The van der Waals surface area contributed by atoms with Crippen molar-refractivity contribution >= 4 is 11.0 Å². The number of nitriles is 1. The fraction of sp³-hybridized carbons (Fsp3) is 0.158. The Kier molecular flexibility index (Phi) is 3.22. The minimum Gasteiger partial charge on any atom is -0.469 e. The first-order valence-corrected chi connectivity index (χ1v) is 8.25. The van der Waals surface area contributed by atoms with Crippen LogP contribution in [-0.2, 0) is 6.42 Å². The third kappa shape index (κ3) is 2.31. The van der Waals surface area contributed by atoms with E-state index in [1.807, 2.05) is 30.3 Å². The number of aromatic amines is 1. The van der Waals surface area contributed by atoms with Crippen molar-refractivity contribution in [3.8, 4) is 23.4 Å². The molecule has 3 heterocycles. The second-order valence-electron chi connectivity index (χ2n) is 6.15. The number of ether oxygens (including phenoxy) is 1. The van der Waals surface area contributed by atoms with Gasteiger partial charge in [-0.3, -0.25) is 5.10 Å². The van der Waals surface area contributed by atoms with Crippen LogP contribution in [0.15, 0.2) is 47.3 Å². The van der Waals surface area contributed by atoms with Crippen molar-refractivity contribution in [1.29, 1.82) is 5.26 Å². The van der Waals surface area contributed by atoms with E-state index in [0.717, 1.165) is 23.9 Å². The van der Waals surface area contributed by atoms with Gasteiger partial charge >= 0.3 is 0 Å². The molecule has 0 spiro atoms. The number of benzene rings is 1. The number of nitrogens with one attached hydrogen (secondary N) is 1. The first kappa shape index (κ1) is 14.7. The van der Waals surface area contributed by atoms with E-state index in [9.17, 15) is 0 Å². The number of H-pyrrole nitrogens is 1. The van der Waals surface area contributed by atoms with Crippen molar-refractivity contribution in [3.05, 3.63) is 59.6 Å². The Morgan fingerprint density at radius 2 is 2.23 bits per heavy atom. The molecule has 126 valence electrons. The van der Waals surface area contributed by atoms with Crippen LogP contribution < -0.4 is 4.74 Å². The first-order valence-electron chi connectivity index (χ1n) is 8.25. The van der Waals surface area contributed by atoms with E-state index in [1.165, 1.54) is 12.0 Å². The molecule has 7 heteroatoms. The zero-order chi connectivity index (χ0) is 17.5. The number of hydrogen-bond donors (Lipinski definition) is 1. The van der Waals surface area contributed by atoms with E-state index in [1.54, 1.807) is 6.20 Å². The van der Waals surface area contributed by atoms with Gasteiger partial charge in [0.25, 0.3) is 0 Å². The number of pyridine rings is 1. The molecule has 5 rings (SSSR count). The molecule has 0 unspecified atom stereocenters. The van der Waals surface area contributed by atoms with Gasteiger partial charge in [0.1, 0.15) is 11.6 Å². The topological polar surface area (TPSA) is 101 Å². The highest BCUT2D eigenvalue weighted by atomic mass is 16.5. The predicted octanol–water partition coefficient (Wildman–Crippen LogP) is 3.55. The molecule has 0 fully saturated rings. The van der Waals surface area contributed by atoms with Crippen molar-refractivity contribution in [3.63, 3.8) is 0 Å². The molecule has 1 atom stereocenters. The van der Waals surface area contributed by atoms with Crippen LogP contribution in [0.5, 0.6) is 5.88 Å². The van der Waals surface area contributed by atoms with Crippen LogP contribution in [0.25, 0.3) is 22.5 Å². The van der Waals surface area contributed by atoms with E-state index in [-0.39, 0.29) is 6.10 Å². The predicted molar refractivity (Wildman–Crippen MR) is 92.2 cm³/mol. The zero-order valence-corrected chi connectivity index (χ0v) is 13.6. The largest absolute Gasteiger partial charge is 0.469 e. The van der Waals surface area contributed by atoms with Crippen molar-refractivity contribution in [1.82, 2.24) is 20.2 Å². The summed E-state index contributed by atoms with van der Waals surface area (Å²) in [5, 5.41) is 16.2. The fourth-order valence-corrected chi connectivity index (χ4v) is 3.37. The molecule has 26 heavy (non-hydrogen) atoms. The maximum atomic E-state index is 9.04. The zero-order valence-electron chi connectivity index (χ0n) is 13.6. The molecule has 1 aliphatic rings. The van der Waals surface area contributed by atoms with E-state index in [4.69, 9.17) is 14.4 Å². The lowest BCUT2D eigenvalue weighted by molar-refractivity contribution is 0.199. The van der Waals surface area contributed by atoms with E-state index < -0.39 is 0 Å². The number of aryl methyl sites for hydroxylation is 1. The van der Waals surface area contributed by atoms with Crippen molar-refractivity contribution in [2.24, 2.45) is 0 Å². The minimum absolute atomic E-state index is 0.0664. The summed E-state index contributed by atoms with van der Waals surface area (Å²) in [5.74, 6) is 1.08. The molecule has 1 N–H and O–H groups in total. The van der Waals surface area contributed by atoms with Crippen LogP contribution in [0.3, 0.4) is 0 Å². The SMILES string of the molecule is N#Cc1ccc2c(c1)CC[C@@H]2Oc1ccc2[nH]nc(-c3cnco3)c2n1. The summed E-state index contributed by atoms with van der Waals surface area (Å²) in [4.78, 5) is 8.53. The number of fused-ring (bicyclic) bond motifs is 2. The second-order valence-corrected chi connectivity index (χ2v) is 6.15. The van der Waals surface area contributed by atoms with Crippen LogP contribution in [0.2, 0.25) is 0 Å². The van der Waals surface area contributed by atoms with Gasteiger partial charge in [0.05, 0.1) is 23.3 Å². The molecule has 0 amide bonds. The van der Waals surface area contributed by atoms with Crippen molar-refractivity contribution < 1.29 is 9.15 Å². The number of rotatable bonds is 3. The molecule has 0 radical (unpaired) electrons. The smallest absolute Gasteiger partial charge is 0.214 e. The van der Waals surface area contributed by atoms with E-state index >= 15 is 0 Å². The molecule has 3 aromatic heterocycles. The summed E-state index contributed by atoms with van der Waals surface area (Å²) >= 11 is 0. The molecule has 1 aliphatic carbocycles. The van der Waals surface area contributed by atoms with Gasteiger partial charge in [-0.15, -0.1) is 0 Å². The Morgan fingerprint density at radius 3 is 3.08 bits per heavy atom. The number of aromatic nitrogens is 4. The van der Waals surface area contributed by atoms with Crippen LogP contribution >= 0.6 is 0 Å². The number of hydrogen-bond acceptors (Lipinski definition) is 6. The Labute approximate surface area is 148 Å². The summed E-state index contributed by atoms with van der Waals surface area (Å²) in [6.45, 7) is 0. The highest BCUT2D eigenvalue weighted by Crippen LogP contribution is 2.35. The molecular formula is C19H13N5O2. The van der Waals surface area contributed by atoms with E-state index in [2.05, 4.69) is 26.2 Å². The first-order chi connectivity index (χ1) is 12.8. The van der Waals surface area contributed by atoms with Crippen LogP contribution in [0.1, 0.15) is 29.2 Å². The van der Waals surface area contributed by atoms with Gasteiger partial charge in [0.2, 0.25) is 5.88 Å². The lowest BCUT2D eigenvalue weighted by Gasteiger charge is -2.14. The quantitative estimate of drug-likeness (QED) is 0.610. The molecule has 0 aliphatic heterocycles. The van der Waals surface area contributed by atoms with Gasteiger partial charge in [0, 0.05) is 6.07 Å². The van der Waals surface area contributed by atoms with Crippen LogP contribution in [0, 0.1) is 11.3 Å². The third-order valence-electron chi connectivity index (χ3n) is 4.61. The summed E-state index contributed by atoms with van der Waals surface area (Å²) in [5.41, 5.74) is 5.05. The summed E-state index contributed by atoms with van der Waals surface area (Å²) in [6, 6.07) is 11.6. The van der Waals surface area contributed by atoms with Crippen molar-refractivity contribution in [2.45, 2.75) is 18.9 Å². The lowest BCUT2D eigenvalue weighted by Crippen LogP contribution is -2.04. The average Bonchev–Trinajstić information content (AvgIpc) is 3.40. The third-order valence-corrected chi connectivity index (χ3v) is 4.61. The van der Waals surface area contributed by atoms with Gasteiger partial charge in [-0.05, 0) is 42.2 Å². The fourth-order valence-electron chi connectivity index (χ4n) is 3.37. The Balaban J connectivity index is 1.48. The molecule has 0 saturated carbocycles. The Morgan fingerprint density at radius 1 is 1.27 bits per heavy atom. The Bertz CT molecular complexity index is 1140. The van der Waals surface area contributed by atoms with E-state index in [0.29, 0.717) is 28.4 Å². The molecule has 4 aromatic rings. The summed E-state index contributed by atoms with van der Waals surface area (Å²) in [6.07, 6.45) is 4.66. The molecule has 0 bridgehead atoms. The molecule has 1 aromatic carbocycles. The summed E-state index contributed by atoms with van der Waals surface area (Å²) < 4.78 is 11.5. The second kappa shape index (κ2) is 5.70. The highest BCUT2D eigenvalue weighted by Gasteiger charge is 2.25. The summed E-state index contributed by atoms with van der Waals surface area (Å²) in [7, 11) is 0. The van der Waals surface area contributed by atoms with Gasteiger partial charge in [-0.1, -0.05) is 6.07 Å². The monoisotopic (exact) mass is 343 g/mol. The minimum atomic E-state index is -0.0664. The average molecular weight is 343 g/mol. The standard InChI is InChI=1S/C19H13N5O2/c20-8-11-1-3-13-12(7-11)2-5-15(13)26-17-6-4-14-18(22-17)19(24-23-14)16-9-21-10-25-16/h1,3-4,6-7,9-10,15H,2,5H2,(H,23,24)/t15-/m0/s1. The van der Waals surface area contributed by atoms with Gasteiger partial charge in [-0.25, -0.2) is 9.97 Å². The van der Waals surface area contributed by atoms with Gasteiger partial charge < -0.3 is 9.15 Å². The van der Waals surface area contributed by atoms with Crippen LogP contribution in [0.4, 0.5) is 0 Å².